The first-order valence-corrected chi connectivity index (χ1v) is 6.69. The van der Waals surface area contributed by atoms with E-state index in [4.69, 9.17) is 14.2 Å². The largest absolute Gasteiger partial charge is 0.497 e. The van der Waals surface area contributed by atoms with Gasteiger partial charge in [-0.25, -0.2) is 0 Å². The zero-order valence-corrected chi connectivity index (χ0v) is 12.1. The van der Waals surface area contributed by atoms with Gasteiger partial charge < -0.3 is 19.5 Å². The molecule has 106 valence electrons. The molecule has 2 unspecified atom stereocenters. The molecule has 19 heavy (non-hydrogen) atoms. The van der Waals surface area contributed by atoms with Gasteiger partial charge in [-0.1, -0.05) is 12.1 Å². The van der Waals surface area contributed by atoms with Crippen LogP contribution in [0.5, 0.6) is 5.75 Å². The van der Waals surface area contributed by atoms with Gasteiger partial charge in [0, 0.05) is 12.6 Å². The molecule has 2 atom stereocenters. The van der Waals surface area contributed by atoms with Gasteiger partial charge >= 0.3 is 0 Å². The smallest absolute Gasteiger partial charge is 0.163 e. The summed E-state index contributed by atoms with van der Waals surface area (Å²) in [6.07, 6.45) is 0.114. The fourth-order valence-electron chi connectivity index (χ4n) is 2.20. The summed E-state index contributed by atoms with van der Waals surface area (Å²) in [5, 5.41) is 3.47. The van der Waals surface area contributed by atoms with E-state index >= 15 is 0 Å². The average Bonchev–Trinajstić information content (AvgIpc) is 2.75. The number of hydrogen-bond acceptors (Lipinski definition) is 4. The van der Waals surface area contributed by atoms with Crippen LogP contribution in [0.25, 0.3) is 0 Å². The van der Waals surface area contributed by atoms with Gasteiger partial charge in [-0.15, -0.1) is 0 Å². The second-order valence-electron chi connectivity index (χ2n) is 5.36. The van der Waals surface area contributed by atoms with E-state index in [0.717, 1.165) is 12.3 Å². The highest BCUT2D eigenvalue weighted by molar-refractivity contribution is 5.30. The Kier molecular flexibility index (Phi) is 4.45. The lowest BCUT2D eigenvalue weighted by atomic mass is 10.1. The zero-order valence-electron chi connectivity index (χ0n) is 12.1. The molecule has 1 N–H and O–H groups in total. The topological polar surface area (TPSA) is 39.7 Å². The summed E-state index contributed by atoms with van der Waals surface area (Å²) >= 11 is 0. The Balaban J connectivity index is 1.85. The van der Waals surface area contributed by atoms with Crippen molar-refractivity contribution < 1.29 is 14.2 Å². The summed E-state index contributed by atoms with van der Waals surface area (Å²) in [5.74, 6) is 0.429. The Morgan fingerprint density at radius 3 is 2.89 bits per heavy atom. The molecule has 1 fully saturated rings. The van der Waals surface area contributed by atoms with Crippen LogP contribution in [-0.2, 0) is 9.47 Å². The van der Waals surface area contributed by atoms with Gasteiger partial charge in [0.2, 0.25) is 0 Å². The third-order valence-corrected chi connectivity index (χ3v) is 3.31. The lowest BCUT2D eigenvalue weighted by Gasteiger charge is -2.19. The molecule has 1 aromatic carbocycles. The van der Waals surface area contributed by atoms with Gasteiger partial charge in [0.25, 0.3) is 0 Å². The molecule has 0 aromatic heterocycles. The maximum atomic E-state index is 5.77. The Bertz CT molecular complexity index is 420. The van der Waals surface area contributed by atoms with Gasteiger partial charge in [0.15, 0.2) is 5.79 Å². The summed E-state index contributed by atoms with van der Waals surface area (Å²) in [4.78, 5) is 0. The number of benzene rings is 1. The van der Waals surface area contributed by atoms with E-state index in [1.165, 1.54) is 5.56 Å². The van der Waals surface area contributed by atoms with Crippen molar-refractivity contribution in [2.24, 2.45) is 0 Å². The monoisotopic (exact) mass is 265 g/mol. The minimum atomic E-state index is -0.453. The SMILES string of the molecule is COc1cccc(C(C)NCC2COC(C)(C)O2)c1. The van der Waals surface area contributed by atoms with Crippen LogP contribution in [0.3, 0.4) is 0 Å². The molecule has 0 aliphatic carbocycles. The quantitative estimate of drug-likeness (QED) is 0.888. The first-order valence-electron chi connectivity index (χ1n) is 6.69. The minimum absolute atomic E-state index is 0.114. The van der Waals surface area contributed by atoms with Crippen LogP contribution in [0.1, 0.15) is 32.4 Å². The summed E-state index contributed by atoms with van der Waals surface area (Å²) in [6, 6.07) is 8.35. The van der Waals surface area contributed by atoms with E-state index in [1.54, 1.807) is 7.11 Å². The summed E-state index contributed by atoms with van der Waals surface area (Å²) in [6.45, 7) is 7.44. The van der Waals surface area contributed by atoms with E-state index < -0.39 is 5.79 Å². The lowest BCUT2D eigenvalue weighted by Crippen LogP contribution is -2.32. The van der Waals surface area contributed by atoms with Gasteiger partial charge in [0.05, 0.1) is 19.8 Å². The third kappa shape index (κ3) is 3.93. The second-order valence-corrected chi connectivity index (χ2v) is 5.36. The Hall–Kier alpha value is -1.10. The normalized spacial score (nSPS) is 23.3. The van der Waals surface area contributed by atoms with Crippen LogP contribution in [-0.4, -0.2) is 32.2 Å². The van der Waals surface area contributed by atoms with Crippen LogP contribution in [0.15, 0.2) is 24.3 Å². The molecule has 1 aromatic rings. The van der Waals surface area contributed by atoms with E-state index in [0.29, 0.717) is 6.61 Å². The molecular formula is C15H23NO3. The molecule has 1 aliphatic rings. The van der Waals surface area contributed by atoms with Crippen molar-refractivity contribution in [3.63, 3.8) is 0 Å². The number of methoxy groups -OCH3 is 1. The number of ether oxygens (including phenoxy) is 3. The van der Waals surface area contributed by atoms with Crippen molar-refractivity contribution in [2.75, 3.05) is 20.3 Å². The maximum absolute atomic E-state index is 5.77. The third-order valence-electron chi connectivity index (χ3n) is 3.31. The Labute approximate surface area is 115 Å². The van der Waals surface area contributed by atoms with Gasteiger partial charge in [-0.3, -0.25) is 0 Å². The molecule has 2 rings (SSSR count). The highest BCUT2D eigenvalue weighted by atomic mass is 16.7. The number of hydrogen-bond donors (Lipinski definition) is 1. The number of rotatable bonds is 5. The lowest BCUT2D eigenvalue weighted by molar-refractivity contribution is -0.137. The fourth-order valence-corrected chi connectivity index (χ4v) is 2.20. The van der Waals surface area contributed by atoms with Crippen LogP contribution >= 0.6 is 0 Å². The van der Waals surface area contributed by atoms with Crippen molar-refractivity contribution in [1.29, 1.82) is 0 Å². The first-order chi connectivity index (χ1) is 9.00. The van der Waals surface area contributed by atoms with Crippen molar-refractivity contribution in [3.05, 3.63) is 29.8 Å². The van der Waals surface area contributed by atoms with Gasteiger partial charge in [0.1, 0.15) is 5.75 Å². The van der Waals surface area contributed by atoms with Crippen LogP contribution in [0.2, 0.25) is 0 Å². The van der Waals surface area contributed by atoms with E-state index in [1.807, 2.05) is 32.0 Å². The predicted molar refractivity (Wildman–Crippen MR) is 74.3 cm³/mol. The van der Waals surface area contributed by atoms with E-state index in [9.17, 15) is 0 Å². The van der Waals surface area contributed by atoms with Crippen molar-refractivity contribution >= 4 is 0 Å². The molecule has 0 amide bonds. The highest BCUT2D eigenvalue weighted by Crippen LogP contribution is 2.23. The molecule has 0 saturated carbocycles. The maximum Gasteiger partial charge on any atom is 0.163 e. The standard InChI is InChI=1S/C15H23NO3/c1-11(12-6-5-7-13(8-12)17-4)16-9-14-10-18-15(2,3)19-14/h5-8,11,14,16H,9-10H2,1-4H3. The predicted octanol–water partition coefficient (Wildman–Crippen LogP) is 2.50. The summed E-state index contributed by atoms with van der Waals surface area (Å²) in [7, 11) is 1.68. The van der Waals surface area contributed by atoms with E-state index in [2.05, 4.69) is 18.3 Å². The molecule has 4 nitrogen and oxygen atoms in total. The second kappa shape index (κ2) is 5.90. The molecule has 0 radical (unpaired) electrons. The van der Waals surface area contributed by atoms with Crippen LogP contribution in [0.4, 0.5) is 0 Å². The van der Waals surface area contributed by atoms with Gasteiger partial charge in [-0.05, 0) is 38.5 Å². The van der Waals surface area contributed by atoms with Gasteiger partial charge in [-0.2, -0.15) is 0 Å². The van der Waals surface area contributed by atoms with Crippen molar-refractivity contribution in [1.82, 2.24) is 5.32 Å². The zero-order chi connectivity index (χ0) is 13.9. The van der Waals surface area contributed by atoms with E-state index in [-0.39, 0.29) is 12.1 Å². The molecule has 1 saturated heterocycles. The Morgan fingerprint density at radius 1 is 1.47 bits per heavy atom. The molecule has 1 heterocycles. The molecule has 0 bridgehead atoms. The van der Waals surface area contributed by atoms with Crippen LogP contribution < -0.4 is 10.1 Å². The van der Waals surface area contributed by atoms with Crippen molar-refractivity contribution in [2.45, 2.75) is 38.7 Å². The fraction of sp³-hybridized carbons (Fsp3) is 0.600. The highest BCUT2D eigenvalue weighted by Gasteiger charge is 2.32. The molecule has 1 aliphatic heterocycles. The number of nitrogens with one attached hydrogen (secondary N) is 1. The molecule has 0 spiro atoms. The molecular weight excluding hydrogens is 242 g/mol. The summed E-state index contributed by atoms with van der Waals surface area (Å²) < 4.78 is 16.6. The first kappa shape index (κ1) is 14.3. The summed E-state index contributed by atoms with van der Waals surface area (Å²) in [5.41, 5.74) is 1.21. The minimum Gasteiger partial charge on any atom is -0.497 e. The van der Waals surface area contributed by atoms with Crippen LogP contribution in [0, 0.1) is 0 Å². The molecule has 4 heteroatoms. The average molecular weight is 265 g/mol. The Morgan fingerprint density at radius 2 is 2.26 bits per heavy atom. The van der Waals surface area contributed by atoms with Crippen molar-refractivity contribution in [3.8, 4) is 5.75 Å².